The van der Waals surface area contributed by atoms with E-state index in [0.29, 0.717) is 16.5 Å². The van der Waals surface area contributed by atoms with Gasteiger partial charge in [0.1, 0.15) is 5.00 Å². The van der Waals surface area contributed by atoms with E-state index in [9.17, 15) is 4.79 Å². The van der Waals surface area contributed by atoms with Gasteiger partial charge in [0.25, 0.3) is 0 Å². The van der Waals surface area contributed by atoms with Crippen LogP contribution in [-0.4, -0.2) is 43.6 Å². The van der Waals surface area contributed by atoms with Crippen LogP contribution in [0.1, 0.15) is 23.0 Å². The summed E-state index contributed by atoms with van der Waals surface area (Å²) in [7, 11) is 2.16. The maximum atomic E-state index is 11.5. The predicted octanol–water partition coefficient (Wildman–Crippen LogP) is 2.62. The number of likely N-dealkylation sites (tertiary alicyclic amines) is 1. The fourth-order valence-corrected chi connectivity index (χ4v) is 4.38. The van der Waals surface area contributed by atoms with E-state index < -0.39 is 0 Å². The molecule has 106 valence electrons. The summed E-state index contributed by atoms with van der Waals surface area (Å²) in [5, 5.41) is 4.53. The van der Waals surface area contributed by atoms with Crippen molar-refractivity contribution in [2.24, 2.45) is 5.92 Å². The fraction of sp³-hybridized carbons (Fsp3) is 0.615. The molecule has 0 aromatic carbocycles. The third kappa shape index (κ3) is 3.24. The highest BCUT2D eigenvalue weighted by Gasteiger charge is 2.22. The van der Waals surface area contributed by atoms with Crippen molar-refractivity contribution >= 4 is 39.6 Å². The van der Waals surface area contributed by atoms with E-state index in [2.05, 4.69) is 17.3 Å². The van der Waals surface area contributed by atoms with Gasteiger partial charge in [-0.1, -0.05) is 0 Å². The number of hydrogen-bond acceptors (Lipinski definition) is 6. The Balaban J connectivity index is 2.07. The van der Waals surface area contributed by atoms with Crippen LogP contribution in [0.5, 0.6) is 0 Å². The molecule has 6 heteroatoms. The topological polar surface area (TPSA) is 58.4 Å². The van der Waals surface area contributed by atoms with E-state index in [1.165, 1.54) is 24.3 Å². The van der Waals surface area contributed by atoms with Gasteiger partial charge in [0.15, 0.2) is 5.78 Å². The monoisotopic (exact) mass is 299 g/mol. The van der Waals surface area contributed by atoms with Gasteiger partial charge in [-0.2, -0.15) is 0 Å². The molecule has 0 aliphatic carbocycles. The number of rotatable bonds is 5. The first-order valence-corrected chi connectivity index (χ1v) is 8.46. The highest BCUT2D eigenvalue weighted by Crippen LogP contribution is 2.41. The molecule has 1 fully saturated rings. The summed E-state index contributed by atoms with van der Waals surface area (Å²) in [6.45, 7) is 4.84. The molecule has 1 aliphatic heterocycles. The number of thioether (sulfide) groups is 1. The van der Waals surface area contributed by atoms with Crippen molar-refractivity contribution in [3.05, 3.63) is 4.88 Å². The first-order chi connectivity index (χ1) is 9.02. The minimum atomic E-state index is 0.0476. The van der Waals surface area contributed by atoms with E-state index in [0.717, 1.165) is 23.0 Å². The Labute approximate surface area is 122 Å². The number of nitrogens with one attached hydrogen (secondary N) is 1. The Hall–Kier alpha value is -0.720. The third-order valence-electron chi connectivity index (χ3n) is 3.46. The number of anilines is 2. The number of hydrogen-bond donors (Lipinski definition) is 2. The van der Waals surface area contributed by atoms with Crippen molar-refractivity contribution in [3.63, 3.8) is 0 Å². The minimum absolute atomic E-state index is 0.0476. The Bertz CT molecular complexity index is 473. The second-order valence-electron chi connectivity index (χ2n) is 5.06. The first-order valence-electron chi connectivity index (χ1n) is 6.42. The summed E-state index contributed by atoms with van der Waals surface area (Å²) in [5.41, 5.74) is 6.68. The van der Waals surface area contributed by atoms with E-state index in [4.69, 9.17) is 5.73 Å². The quantitative estimate of drug-likeness (QED) is 0.646. The maximum Gasteiger partial charge on any atom is 0.171 e. The van der Waals surface area contributed by atoms with Gasteiger partial charge in [-0.3, -0.25) is 4.79 Å². The minimum Gasteiger partial charge on any atom is -0.396 e. The zero-order valence-electron chi connectivity index (χ0n) is 11.7. The molecule has 1 atom stereocenters. The number of thiophene rings is 1. The highest BCUT2D eigenvalue weighted by molar-refractivity contribution is 7.99. The van der Waals surface area contributed by atoms with E-state index in [1.807, 2.05) is 6.26 Å². The number of nitrogen functional groups attached to an aromatic ring is 1. The summed E-state index contributed by atoms with van der Waals surface area (Å²) < 4.78 is 0. The SMILES string of the molecule is CSc1c(NCC2CCN(C)C2)sc(C(C)=O)c1N. The Morgan fingerprint density at radius 2 is 2.37 bits per heavy atom. The molecule has 0 saturated carbocycles. The summed E-state index contributed by atoms with van der Waals surface area (Å²) in [6.07, 6.45) is 3.23. The van der Waals surface area contributed by atoms with Gasteiger partial charge in [0, 0.05) is 20.0 Å². The molecular formula is C13H21N3OS2. The van der Waals surface area contributed by atoms with Crippen LogP contribution in [0.15, 0.2) is 4.90 Å². The predicted molar refractivity (Wildman–Crippen MR) is 84.6 cm³/mol. The maximum absolute atomic E-state index is 11.5. The Morgan fingerprint density at radius 1 is 1.63 bits per heavy atom. The molecule has 1 unspecified atom stereocenters. The molecule has 1 aromatic rings. The number of carbonyl (C=O) groups is 1. The standard InChI is InChI=1S/C13H21N3OS2/c1-8(17)11-10(14)12(18-3)13(19-11)15-6-9-4-5-16(2)7-9/h9,15H,4-7,14H2,1-3H3. The van der Waals surface area contributed by atoms with E-state index in [-0.39, 0.29) is 5.78 Å². The smallest absolute Gasteiger partial charge is 0.171 e. The van der Waals surface area contributed by atoms with Crippen LogP contribution >= 0.6 is 23.1 Å². The second kappa shape index (κ2) is 6.15. The van der Waals surface area contributed by atoms with Crippen molar-refractivity contribution in [2.75, 3.05) is 44.0 Å². The van der Waals surface area contributed by atoms with Crippen LogP contribution in [-0.2, 0) is 0 Å². The first kappa shape index (κ1) is 14.7. The summed E-state index contributed by atoms with van der Waals surface area (Å²) in [4.78, 5) is 15.6. The molecule has 1 aromatic heterocycles. The molecule has 0 amide bonds. The molecule has 1 saturated heterocycles. The van der Waals surface area contributed by atoms with Crippen molar-refractivity contribution in [3.8, 4) is 0 Å². The molecule has 1 aliphatic rings. The van der Waals surface area contributed by atoms with Crippen LogP contribution < -0.4 is 11.1 Å². The van der Waals surface area contributed by atoms with Gasteiger partial charge in [-0.15, -0.1) is 23.1 Å². The molecule has 0 radical (unpaired) electrons. The summed E-state index contributed by atoms with van der Waals surface area (Å²) in [6, 6.07) is 0. The van der Waals surface area contributed by atoms with E-state index in [1.54, 1.807) is 18.7 Å². The average molecular weight is 299 g/mol. The third-order valence-corrected chi connectivity index (χ3v) is 5.69. The van der Waals surface area contributed by atoms with Crippen LogP contribution in [0.4, 0.5) is 10.7 Å². The molecule has 0 bridgehead atoms. The van der Waals surface area contributed by atoms with Gasteiger partial charge in [0.05, 0.1) is 15.5 Å². The van der Waals surface area contributed by atoms with E-state index >= 15 is 0 Å². The largest absolute Gasteiger partial charge is 0.396 e. The molecule has 4 nitrogen and oxygen atoms in total. The number of Topliss-reactive ketones (excluding diaryl/α,β-unsaturated/α-hetero) is 1. The Kier molecular flexibility index (Phi) is 4.76. The number of nitrogens with two attached hydrogens (primary N) is 1. The van der Waals surface area contributed by atoms with Crippen molar-refractivity contribution < 1.29 is 4.79 Å². The number of carbonyl (C=O) groups excluding carboxylic acids is 1. The molecule has 3 N–H and O–H groups in total. The molecule has 19 heavy (non-hydrogen) atoms. The van der Waals surface area contributed by atoms with Crippen LogP contribution in [0.25, 0.3) is 0 Å². The number of ketones is 1. The van der Waals surface area contributed by atoms with Gasteiger partial charge >= 0.3 is 0 Å². The normalized spacial score (nSPS) is 19.8. The lowest BCUT2D eigenvalue weighted by Crippen LogP contribution is -2.18. The van der Waals surface area contributed by atoms with Crippen LogP contribution in [0, 0.1) is 5.92 Å². The molecular weight excluding hydrogens is 278 g/mol. The van der Waals surface area contributed by atoms with Crippen LogP contribution in [0.3, 0.4) is 0 Å². The second-order valence-corrected chi connectivity index (χ2v) is 6.90. The summed E-state index contributed by atoms with van der Waals surface area (Å²) in [5.74, 6) is 0.732. The summed E-state index contributed by atoms with van der Waals surface area (Å²) >= 11 is 3.09. The van der Waals surface area contributed by atoms with Crippen molar-refractivity contribution in [1.29, 1.82) is 0 Å². The fourth-order valence-electron chi connectivity index (χ4n) is 2.44. The molecule has 2 rings (SSSR count). The van der Waals surface area contributed by atoms with Gasteiger partial charge in [-0.05, 0) is 32.2 Å². The lowest BCUT2D eigenvalue weighted by Gasteiger charge is -2.12. The van der Waals surface area contributed by atoms with Crippen molar-refractivity contribution in [2.45, 2.75) is 18.2 Å². The van der Waals surface area contributed by atoms with Crippen LogP contribution in [0.2, 0.25) is 0 Å². The number of nitrogens with zero attached hydrogens (tertiary/aromatic N) is 1. The highest BCUT2D eigenvalue weighted by atomic mass is 32.2. The zero-order chi connectivity index (χ0) is 14.0. The van der Waals surface area contributed by atoms with Gasteiger partial charge < -0.3 is 16.0 Å². The molecule has 2 heterocycles. The zero-order valence-corrected chi connectivity index (χ0v) is 13.3. The Morgan fingerprint density at radius 3 is 2.89 bits per heavy atom. The molecule has 0 spiro atoms. The average Bonchev–Trinajstić information content (AvgIpc) is 2.90. The lowest BCUT2D eigenvalue weighted by atomic mass is 10.1. The van der Waals surface area contributed by atoms with Gasteiger partial charge in [0.2, 0.25) is 0 Å². The van der Waals surface area contributed by atoms with Gasteiger partial charge in [-0.25, -0.2) is 0 Å². The van der Waals surface area contributed by atoms with Crippen molar-refractivity contribution in [1.82, 2.24) is 4.90 Å². The lowest BCUT2D eigenvalue weighted by molar-refractivity contribution is 0.102.